The molecule has 11 nitrogen and oxygen atoms in total. The van der Waals surface area contributed by atoms with Crippen molar-refractivity contribution in [2.24, 2.45) is 5.92 Å². The molecule has 2 aliphatic heterocycles. The van der Waals surface area contributed by atoms with Crippen molar-refractivity contribution in [1.82, 2.24) is 19.8 Å². The second kappa shape index (κ2) is 16.5. The van der Waals surface area contributed by atoms with Gasteiger partial charge < -0.3 is 33.9 Å². The van der Waals surface area contributed by atoms with Crippen molar-refractivity contribution in [2.45, 2.75) is 89.8 Å². The molecule has 2 amide bonds. The number of para-hydroxylation sites is 2. The summed E-state index contributed by atoms with van der Waals surface area (Å²) < 4.78 is 18.1. The van der Waals surface area contributed by atoms with Gasteiger partial charge in [-0.05, 0) is 89.1 Å². The maximum absolute atomic E-state index is 13.9. The molecule has 0 radical (unpaired) electrons. The predicted octanol–water partition coefficient (Wildman–Crippen LogP) is 5.69. The van der Waals surface area contributed by atoms with Crippen LogP contribution in [-0.2, 0) is 36.8 Å². The first-order valence-electron chi connectivity index (χ1n) is 17.7. The van der Waals surface area contributed by atoms with E-state index in [-0.39, 0.29) is 30.1 Å². The number of carbonyl (C=O) groups is 3. The smallest absolute Gasteiger partial charge is 0.407 e. The van der Waals surface area contributed by atoms with Gasteiger partial charge in [0, 0.05) is 70.5 Å². The number of hydrogen-bond acceptors (Lipinski definition) is 8. The molecule has 3 heterocycles. The number of likely N-dealkylation sites (tertiary alicyclic amines) is 1. The van der Waals surface area contributed by atoms with Crippen LogP contribution in [0.2, 0.25) is 0 Å². The first kappa shape index (κ1) is 36.2. The van der Waals surface area contributed by atoms with E-state index in [0.717, 1.165) is 79.8 Å². The van der Waals surface area contributed by atoms with Crippen molar-refractivity contribution in [3.05, 3.63) is 59.9 Å². The van der Waals surface area contributed by atoms with E-state index in [9.17, 15) is 14.4 Å². The highest BCUT2D eigenvalue weighted by Crippen LogP contribution is 2.31. The Morgan fingerprint density at radius 2 is 1.71 bits per heavy atom. The minimum atomic E-state index is -0.656. The molecule has 5 rings (SSSR count). The quantitative estimate of drug-likeness (QED) is 0.192. The number of anilines is 1. The Bertz CT molecular complexity index is 1560. The van der Waals surface area contributed by atoms with E-state index in [0.29, 0.717) is 26.1 Å². The van der Waals surface area contributed by atoms with Gasteiger partial charge in [0.25, 0.3) is 0 Å². The molecule has 2 aromatic carbocycles. The summed E-state index contributed by atoms with van der Waals surface area (Å²) in [4.78, 5) is 48.1. The maximum atomic E-state index is 13.9. The second-order valence-electron chi connectivity index (χ2n) is 14.3. The molecule has 2 unspecified atom stereocenters. The van der Waals surface area contributed by atoms with Crippen LogP contribution in [0.25, 0.3) is 11.0 Å². The number of esters is 1. The molecule has 0 spiro atoms. The van der Waals surface area contributed by atoms with Crippen molar-refractivity contribution in [3.8, 4) is 0 Å². The Balaban J connectivity index is 1.26. The van der Waals surface area contributed by atoms with Gasteiger partial charge in [-0.25, -0.2) is 9.78 Å². The third-order valence-electron chi connectivity index (χ3n) is 9.51. The van der Waals surface area contributed by atoms with Gasteiger partial charge in [-0.3, -0.25) is 9.59 Å². The molecular weight excluding hydrogens is 622 g/mol. The summed E-state index contributed by atoms with van der Waals surface area (Å²) in [5, 5.41) is 3.00. The number of carbonyl (C=O) groups excluding carboxylic acids is 3. The van der Waals surface area contributed by atoms with E-state index in [1.165, 1.54) is 7.11 Å². The molecule has 2 atom stereocenters. The number of aryl methyl sites for hydroxylation is 1. The lowest BCUT2D eigenvalue weighted by molar-refractivity contribution is -0.146. The number of hydrogen-bond donors (Lipinski definition) is 1. The fourth-order valence-electron chi connectivity index (χ4n) is 7.08. The number of alkyl carbamates (subject to hydrolysis) is 1. The van der Waals surface area contributed by atoms with Crippen LogP contribution in [0.5, 0.6) is 0 Å². The highest BCUT2D eigenvalue weighted by molar-refractivity contribution is 5.79. The van der Waals surface area contributed by atoms with Crippen LogP contribution >= 0.6 is 0 Å². The Kier molecular flexibility index (Phi) is 12.2. The SMILES string of the molecule is COCCCn1c(C2CCCN(C(=O)CC(Cc3ccc(N4CCC(C(=O)OC)CC4)cc3)NC(=O)OC(C)(C)C)C2)nc2ccccc21. The number of methoxy groups -OCH3 is 2. The van der Waals surface area contributed by atoms with Crippen molar-refractivity contribution in [1.29, 1.82) is 0 Å². The summed E-state index contributed by atoms with van der Waals surface area (Å²) in [5.41, 5.74) is 3.53. The molecule has 266 valence electrons. The molecule has 1 aromatic heterocycles. The Morgan fingerprint density at radius 3 is 2.41 bits per heavy atom. The number of rotatable bonds is 12. The van der Waals surface area contributed by atoms with E-state index in [4.69, 9.17) is 19.2 Å². The molecule has 1 N–H and O–H groups in total. The normalized spacial score (nSPS) is 17.9. The third-order valence-corrected chi connectivity index (χ3v) is 9.51. The molecule has 2 fully saturated rings. The van der Waals surface area contributed by atoms with Crippen LogP contribution in [0.3, 0.4) is 0 Å². The molecule has 0 saturated carbocycles. The Morgan fingerprint density at radius 1 is 0.980 bits per heavy atom. The first-order chi connectivity index (χ1) is 23.5. The minimum absolute atomic E-state index is 0.0119. The van der Waals surface area contributed by atoms with Gasteiger partial charge in [0.1, 0.15) is 11.4 Å². The highest BCUT2D eigenvalue weighted by Gasteiger charge is 2.31. The van der Waals surface area contributed by atoms with Gasteiger partial charge in [0.15, 0.2) is 0 Å². The Labute approximate surface area is 290 Å². The number of fused-ring (bicyclic) bond motifs is 1. The van der Waals surface area contributed by atoms with E-state index in [1.54, 1.807) is 7.11 Å². The Hall–Kier alpha value is -4.12. The monoisotopic (exact) mass is 675 g/mol. The zero-order valence-corrected chi connectivity index (χ0v) is 29.8. The molecule has 2 aliphatic rings. The third kappa shape index (κ3) is 9.74. The standard InChI is InChI=1S/C38H53N5O6/c1-38(2,3)49-37(46)39-30(24-27-13-15-31(16-14-27)41-21-17-28(18-22-41)36(45)48-5)25-34(44)42-19-8-10-29(26-42)35-40-32-11-6-7-12-33(32)43(35)20-9-23-47-4/h6-7,11-16,28-30H,8-10,17-26H2,1-5H3,(H,39,46). The van der Waals surface area contributed by atoms with Crippen LogP contribution in [-0.4, -0.2) is 91.1 Å². The minimum Gasteiger partial charge on any atom is -0.469 e. The van der Waals surface area contributed by atoms with E-state index >= 15 is 0 Å². The van der Waals surface area contributed by atoms with Crippen molar-refractivity contribution >= 4 is 34.7 Å². The number of aromatic nitrogens is 2. The topological polar surface area (TPSA) is 115 Å². The molecule has 0 aliphatic carbocycles. The van der Waals surface area contributed by atoms with Gasteiger partial charge in [-0.2, -0.15) is 0 Å². The number of benzene rings is 2. The number of imidazole rings is 1. The second-order valence-corrected chi connectivity index (χ2v) is 14.3. The van der Waals surface area contributed by atoms with E-state index < -0.39 is 17.7 Å². The predicted molar refractivity (Wildman–Crippen MR) is 190 cm³/mol. The van der Waals surface area contributed by atoms with Crippen LogP contribution in [0.4, 0.5) is 10.5 Å². The van der Waals surface area contributed by atoms with Crippen LogP contribution in [0.15, 0.2) is 48.5 Å². The highest BCUT2D eigenvalue weighted by atomic mass is 16.6. The van der Waals surface area contributed by atoms with Gasteiger partial charge in [0.05, 0.1) is 24.1 Å². The summed E-state index contributed by atoms with van der Waals surface area (Å²) >= 11 is 0. The van der Waals surface area contributed by atoms with Crippen molar-refractivity contribution in [2.75, 3.05) is 51.9 Å². The number of nitrogens with one attached hydrogen (secondary N) is 1. The number of nitrogens with zero attached hydrogens (tertiary/aromatic N) is 4. The van der Waals surface area contributed by atoms with Crippen molar-refractivity contribution in [3.63, 3.8) is 0 Å². The fraction of sp³-hybridized carbons (Fsp3) is 0.579. The summed E-state index contributed by atoms with van der Waals surface area (Å²) in [6.07, 6.45) is 4.39. The molecule has 3 aromatic rings. The summed E-state index contributed by atoms with van der Waals surface area (Å²) in [6.45, 7) is 9.81. The number of amides is 2. The van der Waals surface area contributed by atoms with Gasteiger partial charge >= 0.3 is 12.1 Å². The molecule has 11 heteroatoms. The van der Waals surface area contributed by atoms with E-state index in [2.05, 4.69) is 45.1 Å². The number of piperidine rings is 2. The molecule has 0 bridgehead atoms. The largest absolute Gasteiger partial charge is 0.469 e. The lowest BCUT2D eigenvalue weighted by Gasteiger charge is -2.34. The van der Waals surface area contributed by atoms with Crippen LogP contribution in [0, 0.1) is 5.92 Å². The first-order valence-corrected chi connectivity index (χ1v) is 17.7. The van der Waals surface area contributed by atoms with E-state index in [1.807, 2.05) is 43.9 Å². The zero-order valence-electron chi connectivity index (χ0n) is 29.8. The molecule has 49 heavy (non-hydrogen) atoms. The average molecular weight is 676 g/mol. The van der Waals surface area contributed by atoms with Gasteiger partial charge in [-0.1, -0.05) is 24.3 Å². The number of ether oxygens (including phenoxy) is 3. The molecular formula is C38H53N5O6. The lowest BCUT2D eigenvalue weighted by atomic mass is 9.95. The maximum Gasteiger partial charge on any atom is 0.407 e. The zero-order chi connectivity index (χ0) is 35.0. The lowest BCUT2D eigenvalue weighted by Crippen LogP contribution is -2.46. The summed E-state index contributed by atoms with van der Waals surface area (Å²) in [5.74, 6) is 0.974. The van der Waals surface area contributed by atoms with Crippen molar-refractivity contribution < 1.29 is 28.6 Å². The fourth-order valence-corrected chi connectivity index (χ4v) is 7.08. The molecule has 2 saturated heterocycles. The van der Waals surface area contributed by atoms with Crippen LogP contribution in [0.1, 0.15) is 76.6 Å². The van der Waals surface area contributed by atoms with Crippen LogP contribution < -0.4 is 10.2 Å². The van der Waals surface area contributed by atoms with Gasteiger partial charge in [-0.15, -0.1) is 0 Å². The van der Waals surface area contributed by atoms with Gasteiger partial charge in [0.2, 0.25) is 5.91 Å². The summed E-state index contributed by atoms with van der Waals surface area (Å²) in [7, 11) is 3.16. The average Bonchev–Trinajstić information content (AvgIpc) is 3.46. The summed E-state index contributed by atoms with van der Waals surface area (Å²) in [6, 6.07) is 16.0.